The van der Waals surface area contributed by atoms with Crippen molar-refractivity contribution >= 4 is 28.6 Å². The number of hydrogen-bond acceptors (Lipinski definition) is 2. The Morgan fingerprint density at radius 3 is 2.85 bits per heavy atom. The molecule has 2 N–H and O–H groups in total. The first-order valence-corrected chi connectivity index (χ1v) is 6.70. The van der Waals surface area contributed by atoms with Gasteiger partial charge in [0.1, 0.15) is 5.82 Å². The van der Waals surface area contributed by atoms with Gasteiger partial charge in [-0.25, -0.2) is 9.37 Å². The van der Waals surface area contributed by atoms with Crippen LogP contribution in [0.1, 0.15) is 12.5 Å². The van der Waals surface area contributed by atoms with Crippen LogP contribution >= 0.6 is 11.6 Å². The van der Waals surface area contributed by atoms with E-state index in [4.69, 9.17) is 17.3 Å². The smallest absolute Gasteiger partial charge is 0.205 e. The van der Waals surface area contributed by atoms with E-state index >= 15 is 0 Å². The van der Waals surface area contributed by atoms with E-state index in [2.05, 4.69) is 11.9 Å². The number of benzene rings is 2. The minimum atomic E-state index is -0.480. The van der Waals surface area contributed by atoms with Crippen LogP contribution in [0.25, 0.3) is 16.7 Å². The summed E-state index contributed by atoms with van der Waals surface area (Å²) in [5, 5.41) is 0.0458. The number of nitrogen functional groups attached to an aromatic ring is 1. The van der Waals surface area contributed by atoms with Crippen molar-refractivity contribution in [2.24, 2.45) is 0 Å². The third kappa shape index (κ3) is 2.02. The lowest BCUT2D eigenvalue weighted by molar-refractivity contribution is 0.629. The monoisotopic (exact) mass is 289 g/mol. The van der Waals surface area contributed by atoms with Crippen molar-refractivity contribution in [2.45, 2.75) is 13.3 Å². The standard InChI is InChI=1S/C15H13ClFN3/c1-2-9-4-3-5-10(6-9)20-14-8-12(17)11(16)7-13(14)19-15(20)18/h3-8H,2H2,1H3,(H2,18,19). The average molecular weight is 290 g/mol. The zero-order chi connectivity index (χ0) is 14.3. The first kappa shape index (κ1) is 12.9. The third-order valence-electron chi connectivity index (χ3n) is 3.30. The Labute approximate surface area is 120 Å². The van der Waals surface area contributed by atoms with Crippen molar-refractivity contribution in [1.82, 2.24) is 9.55 Å². The molecule has 0 fully saturated rings. The number of hydrogen-bond donors (Lipinski definition) is 1. The molecule has 0 spiro atoms. The van der Waals surface area contributed by atoms with Gasteiger partial charge in [-0.15, -0.1) is 0 Å². The molecule has 0 aliphatic heterocycles. The van der Waals surface area contributed by atoms with Crippen molar-refractivity contribution in [3.05, 3.63) is 52.8 Å². The Hall–Kier alpha value is -2.07. The highest BCUT2D eigenvalue weighted by molar-refractivity contribution is 6.31. The summed E-state index contributed by atoms with van der Waals surface area (Å²) in [6.45, 7) is 2.08. The Morgan fingerprint density at radius 2 is 2.10 bits per heavy atom. The van der Waals surface area contributed by atoms with Crippen LogP contribution in [0.5, 0.6) is 0 Å². The summed E-state index contributed by atoms with van der Waals surface area (Å²) in [7, 11) is 0. The van der Waals surface area contributed by atoms with Gasteiger partial charge < -0.3 is 5.73 Å². The highest BCUT2D eigenvalue weighted by Gasteiger charge is 2.13. The largest absolute Gasteiger partial charge is 0.369 e. The molecule has 2 aromatic carbocycles. The zero-order valence-electron chi connectivity index (χ0n) is 10.9. The lowest BCUT2D eigenvalue weighted by atomic mass is 10.1. The van der Waals surface area contributed by atoms with Gasteiger partial charge in [0.2, 0.25) is 5.95 Å². The molecular weight excluding hydrogens is 277 g/mol. The van der Waals surface area contributed by atoms with Gasteiger partial charge in [0, 0.05) is 11.8 Å². The summed E-state index contributed by atoms with van der Waals surface area (Å²) in [4.78, 5) is 4.24. The molecule has 0 aliphatic rings. The number of nitrogens with zero attached hydrogens (tertiary/aromatic N) is 2. The molecule has 0 aliphatic carbocycles. The van der Waals surface area contributed by atoms with Crippen LogP contribution in [0.15, 0.2) is 36.4 Å². The van der Waals surface area contributed by atoms with Crippen LogP contribution in [-0.4, -0.2) is 9.55 Å². The topological polar surface area (TPSA) is 43.8 Å². The molecule has 0 saturated heterocycles. The molecule has 0 bridgehead atoms. The van der Waals surface area contributed by atoms with Crippen LogP contribution in [0.4, 0.5) is 10.3 Å². The molecule has 3 nitrogen and oxygen atoms in total. The van der Waals surface area contributed by atoms with E-state index in [0.717, 1.165) is 12.1 Å². The molecule has 0 unspecified atom stereocenters. The number of imidazole rings is 1. The van der Waals surface area contributed by atoms with E-state index in [1.165, 1.54) is 17.7 Å². The lowest BCUT2D eigenvalue weighted by Crippen LogP contribution is -2.01. The van der Waals surface area contributed by atoms with Gasteiger partial charge in [-0.1, -0.05) is 30.7 Å². The minimum Gasteiger partial charge on any atom is -0.369 e. The fourth-order valence-corrected chi connectivity index (χ4v) is 2.44. The van der Waals surface area contributed by atoms with E-state index in [1.54, 1.807) is 4.57 Å². The molecule has 0 radical (unpaired) electrons. The van der Waals surface area contributed by atoms with E-state index in [1.807, 2.05) is 24.3 Å². The van der Waals surface area contributed by atoms with Gasteiger partial charge >= 0.3 is 0 Å². The molecule has 0 saturated carbocycles. The normalized spacial score (nSPS) is 11.2. The molecule has 20 heavy (non-hydrogen) atoms. The summed E-state index contributed by atoms with van der Waals surface area (Å²) in [6, 6.07) is 10.8. The van der Waals surface area contributed by atoms with Gasteiger partial charge in [0.15, 0.2) is 0 Å². The maximum Gasteiger partial charge on any atom is 0.205 e. The summed E-state index contributed by atoms with van der Waals surface area (Å²) >= 11 is 5.78. The van der Waals surface area contributed by atoms with Crippen LogP contribution < -0.4 is 5.73 Å². The maximum absolute atomic E-state index is 13.7. The van der Waals surface area contributed by atoms with Crippen molar-refractivity contribution in [3.63, 3.8) is 0 Å². The Kier molecular flexibility index (Phi) is 3.10. The fraction of sp³-hybridized carbons (Fsp3) is 0.133. The number of halogens is 2. The highest BCUT2D eigenvalue weighted by Crippen LogP contribution is 2.27. The molecule has 5 heteroatoms. The van der Waals surface area contributed by atoms with E-state index in [-0.39, 0.29) is 5.02 Å². The minimum absolute atomic E-state index is 0.0458. The van der Waals surface area contributed by atoms with Crippen molar-refractivity contribution in [2.75, 3.05) is 5.73 Å². The Morgan fingerprint density at radius 1 is 1.30 bits per heavy atom. The van der Waals surface area contributed by atoms with Gasteiger partial charge in [-0.2, -0.15) is 0 Å². The third-order valence-corrected chi connectivity index (χ3v) is 3.59. The lowest BCUT2D eigenvalue weighted by Gasteiger charge is -2.08. The molecule has 3 rings (SSSR count). The molecule has 0 atom stereocenters. The summed E-state index contributed by atoms with van der Waals surface area (Å²) in [5.74, 6) is -0.165. The van der Waals surface area contributed by atoms with Gasteiger partial charge in [0.05, 0.1) is 16.1 Å². The van der Waals surface area contributed by atoms with Crippen molar-refractivity contribution in [1.29, 1.82) is 0 Å². The summed E-state index contributed by atoms with van der Waals surface area (Å²) in [5.41, 5.74) is 9.20. The molecule has 0 amide bonds. The second-order valence-electron chi connectivity index (χ2n) is 4.58. The Bertz CT molecular complexity index is 795. The predicted octanol–water partition coefficient (Wildman–Crippen LogP) is 3.96. The van der Waals surface area contributed by atoms with Crippen LogP contribution in [0, 0.1) is 5.82 Å². The van der Waals surface area contributed by atoms with Crippen LogP contribution in [0.3, 0.4) is 0 Å². The Balaban J connectivity index is 2.29. The van der Waals surface area contributed by atoms with Crippen LogP contribution in [-0.2, 0) is 6.42 Å². The molecule has 3 aromatic rings. The van der Waals surface area contributed by atoms with Crippen molar-refractivity contribution in [3.8, 4) is 5.69 Å². The number of fused-ring (bicyclic) bond motifs is 1. The molecule has 1 aromatic heterocycles. The number of nitrogens with two attached hydrogens (primary N) is 1. The number of rotatable bonds is 2. The molecule has 1 heterocycles. The van der Waals surface area contributed by atoms with Crippen molar-refractivity contribution < 1.29 is 4.39 Å². The second kappa shape index (κ2) is 4.80. The highest BCUT2D eigenvalue weighted by atomic mass is 35.5. The van der Waals surface area contributed by atoms with E-state index in [9.17, 15) is 4.39 Å². The first-order chi connectivity index (χ1) is 9.60. The van der Waals surface area contributed by atoms with Gasteiger partial charge in [0.25, 0.3) is 0 Å². The fourth-order valence-electron chi connectivity index (χ4n) is 2.28. The zero-order valence-corrected chi connectivity index (χ0v) is 11.7. The molecular formula is C15H13ClFN3. The second-order valence-corrected chi connectivity index (χ2v) is 4.99. The number of aromatic nitrogens is 2. The number of aryl methyl sites for hydroxylation is 1. The predicted molar refractivity (Wildman–Crippen MR) is 79.8 cm³/mol. The number of anilines is 1. The molecule has 102 valence electrons. The van der Waals surface area contributed by atoms with E-state index in [0.29, 0.717) is 17.0 Å². The summed E-state index contributed by atoms with van der Waals surface area (Å²) < 4.78 is 15.4. The van der Waals surface area contributed by atoms with Gasteiger partial charge in [-0.05, 0) is 30.2 Å². The van der Waals surface area contributed by atoms with Gasteiger partial charge in [-0.3, -0.25) is 4.57 Å². The SMILES string of the molecule is CCc1cccc(-n2c(N)nc3cc(Cl)c(F)cc32)c1. The average Bonchev–Trinajstić information content (AvgIpc) is 2.74. The van der Waals surface area contributed by atoms with Crippen LogP contribution in [0.2, 0.25) is 5.02 Å². The maximum atomic E-state index is 13.7. The quantitative estimate of drug-likeness (QED) is 0.776. The van der Waals surface area contributed by atoms with E-state index < -0.39 is 5.82 Å². The summed E-state index contributed by atoms with van der Waals surface area (Å²) in [6.07, 6.45) is 0.917. The first-order valence-electron chi connectivity index (χ1n) is 6.32.